The number of benzene rings is 1. The van der Waals surface area contributed by atoms with E-state index in [0.29, 0.717) is 0 Å². The predicted octanol–water partition coefficient (Wildman–Crippen LogP) is 1.24. The minimum atomic E-state index is 0.0219. The summed E-state index contributed by atoms with van der Waals surface area (Å²) >= 11 is 0. The molecule has 1 heterocycles. The molecule has 62 valence electrons. The lowest BCUT2D eigenvalue weighted by molar-refractivity contribution is 0.278. The Morgan fingerprint density at radius 1 is 1.42 bits per heavy atom. The van der Waals surface area contributed by atoms with Gasteiger partial charge in [-0.15, -0.1) is 0 Å². The normalized spacial score (nSPS) is 10.8. The van der Waals surface area contributed by atoms with Crippen LogP contribution in [0, 0.1) is 0 Å². The van der Waals surface area contributed by atoms with Gasteiger partial charge < -0.3 is 15.8 Å². The fourth-order valence-corrected chi connectivity index (χ4v) is 1.32. The van der Waals surface area contributed by atoms with E-state index in [0.717, 1.165) is 22.3 Å². The number of aromatic nitrogens is 1. The van der Waals surface area contributed by atoms with E-state index < -0.39 is 0 Å². The second-order valence-electron chi connectivity index (χ2n) is 2.76. The molecule has 1 aromatic carbocycles. The monoisotopic (exact) mass is 162 g/mol. The van der Waals surface area contributed by atoms with Gasteiger partial charge in [-0.1, -0.05) is 6.07 Å². The molecule has 0 radical (unpaired) electrons. The van der Waals surface area contributed by atoms with Crippen LogP contribution in [0.3, 0.4) is 0 Å². The number of rotatable bonds is 1. The second kappa shape index (κ2) is 2.53. The molecule has 3 heteroatoms. The van der Waals surface area contributed by atoms with Crippen molar-refractivity contribution in [2.45, 2.75) is 6.61 Å². The van der Waals surface area contributed by atoms with Gasteiger partial charge >= 0.3 is 0 Å². The molecule has 0 bridgehead atoms. The Labute approximate surface area is 69.8 Å². The molecule has 3 nitrogen and oxygen atoms in total. The van der Waals surface area contributed by atoms with E-state index in [1.807, 2.05) is 24.3 Å². The minimum absolute atomic E-state index is 0.0219. The molecule has 0 saturated heterocycles. The standard InChI is InChI=1S/C9H10N2O/c10-8-2-1-3-9-7(8)4-6(5-12)11-9/h1-4,11-12H,5,10H2. The maximum absolute atomic E-state index is 8.86. The first kappa shape index (κ1) is 7.18. The Morgan fingerprint density at radius 3 is 2.92 bits per heavy atom. The highest BCUT2D eigenvalue weighted by Gasteiger charge is 2.00. The fourth-order valence-electron chi connectivity index (χ4n) is 1.32. The third kappa shape index (κ3) is 0.950. The molecule has 0 aliphatic heterocycles. The van der Waals surface area contributed by atoms with Crippen LogP contribution >= 0.6 is 0 Å². The largest absolute Gasteiger partial charge is 0.398 e. The topological polar surface area (TPSA) is 62.0 Å². The van der Waals surface area contributed by atoms with Gasteiger partial charge in [0.05, 0.1) is 6.61 Å². The Balaban J connectivity index is 2.74. The van der Waals surface area contributed by atoms with Gasteiger partial charge in [-0.05, 0) is 18.2 Å². The summed E-state index contributed by atoms with van der Waals surface area (Å²) in [5.41, 5.74) is 8.23. The maximum Gasteiger partial charge on any atom is 0.0831 e. The number of fused-ring (bicyclic) bond motifs is 1. The summed E-state index contributed by atoms with van der Waals surface area (Å²) in [4.78, 5) is 3.06. The number of anilines is 1. The van der Waals surface area contributed by atoms with Crippen molar-refractivity contribution in [3.63, 3.8) is 0 Å². The van der Waals surface area contributed by atoms with Crippen LogP contribution in [0.1, 0.15) is 5.69 Å². The molecular formula is C9H10N2O. The quantitative estimate of drug-likeness (QED) is 0.552. The van der Waals surface area contributed by atoms with E-state index in [1.165, 1.54) is 0 Å². The molecule has 1 aromatic heterocycles. The van der Waals surface area contributed by atoms with Crippen LogP contribution in [0.15, 0.2) is 24.3 Å². The van der Waals surface area contributed by atoms with E-state index in [4.69, 9.17) is 10.8 Å². The summed E-state index contributed by atoms with van der Waals surface area (Å²) in [7, 11) is 0. The van der Waals surface area contributed by atoms with Crippen LogP contribution in [0.25, 0.3) is 10.9 Å². The number of nitrogen functional groups attached to an aromatic ring is 1. The molecule has 0 fully saturated rings. The fraction of sp³-hybridized carbons (Fsp3) is 0.111. The summed E-state index contributed by atoms with van der Waals surface area (Å²) < 4.78 is 0. The molecule has 12 heavy (non-hydrogen) atoms. The molecule has 2 aromatic rings. The lowest BCUT2D eigenvalue weighted by atomic mass is 10.2. The third-order valence-electron chi connectivity index (χ3n) is 1.92. The molecule has 0 aliphatic rings. The van der Waals surface area contributed by atoms with Crippen molar-refractivity contribution >= 4 is 16.6 Å². The summed E-state index contributed by atoms with van der Waals surface area (Å²) in [5, 5.41) is 9.83. The van der Waals surface area contributed by atoms with E-state index in [1.54, 1.807) is 0 Å². The zero-order valence-corrected chi connectivity index (χ0v) is 6.54. The third-order valence-corrected chi connectivity index (χ3v) is 1.92. The van der Waals surface area contributed by atoms with E-state index in [2.05, 4.69) is 4.98 Å². The van der Waals surface area contributed by atoms with Gasteiger partial charge in [0.25, 0.3) is 0 Å². The van der Waals surface area contributed by atoms with Crippen LogP contribution in [0.5, 0.6) is 0 Å². The van der Waals surface area contributed by atoms with E-state index in [9.17, 15) is 0 Å². The number of H-pyrrole nitrogens is 1. The van der Waals surface area contributed by atoms with Gasteiger partial charge in [0.1, 0.15) is 0 Å². The van der Waals surface area contributed by atoms with Crippen LogP contribution in [0.4, 0.5) is 5.69 Å². The highest BCUT2D eigenvalue weighted by molar-refractivity contribution is 5.91. The molecule has 0 unspecified atom stereocenters. The van der Waals surface area contributed by atoms with Gasteiger partial charge in [0.15, 0.2) is 0 Å². The van der Waals surface area contributed by atoms with Crippen molar-refractivity contribution in [3.05, 3.63) is 30.0 Å². The maximum atomic E-state index is 8.86. The lowest BCUT2D eigenvalue weighted by Crippen LogP contribution is -1.82. The van der Waals surface area contributed by atoms with Crippen molar-refractivity contribution in [3.8, 4) is 0 Å². The van der Waals surface area contributed by atoms with Crippen LogP contribution < -0.4 is 5.73 Å². The number of hydrogen-bond acceptors (Lipinski definition) is 2. The number of aliphatic hydroxyl groups is 1. The molecule has 0 amide bonds. The zero-order chi connectivity index (χ0) is 8.55. The average molecular weight is 162 g/mol. The van der Waals surface area contributed by atoms with Gasteiger partial charge in [0, 0.05) is 22.3 Å². The summed E-state index contributed by atoms with van der Waals surface area (Å²) in [6.45, 7) is 0.0219. The SMILES string of the molecule is Nc1cccc2[nH]c(CO)cc12. The van der Waals surface area contributed by atoms with Gasteiger partial charge in [-0.25, -0.2) is 0 Å². The summed E-state index contributed by atoms with van der Waals surface area (Å²) in [5.74, 6) is 0. The van der Waals surface area contributed by atoms with Crippen molar-refractivity contribution in [2.75, 3.05) is 5.73 Å². The first-order valence-electron chi connectivity index (χ1n) is 3.78. The van der Waals surface area contributed by atoms with Crippen molar-refractivity contribution in [1.29, 1.82) is 0 Å². The second-order valence-corrected chi connectivity index (χ2v) is 2.76. The molecule has 2 rings (SSSR count). The van der Waals surface area contributed by atoms with Crippen molar-refractivity contribution in [1.82, 2.24) is 4.98 Å². The average Bonchev–Trinajstić information content (AvgIpc) is 2.49. The highest BCUT2D eigenvalue weighted by atomic mass is 16.3. The van der Waals surface area contributed by atoms with Gasteiger partial charge in [0.2, 0.25) is 0 Å². The Morgan fingerprint density at radius 2 is 2.25 bits per heavy atom. The molecule has 0 spiro atoms. The van der Waals surface area contributed by atoms with Gasteiger partial charge in [-0.2, -0.15) is 0 Å². The van der Waals surface area contributed by atoms with Crippen LogP contribution in [-0.4, -0.2) is 10.1 Å². The van der Waals surface area contributed by atoms with Crippen LogP contribution in [0.2, 0.25) is 0 Å². The lowest BCUT2D eigenvalue weighted by Gasteiger charge is -1.92. The Kier molecular flexibility index (Phi) is 1.52. The number of nitrogens with one attached hydrogen (secondary N) is 1. The highest BCUT2D eigenvalue weighted by Crippen LogP contribution is 2.21. The zero-order valence-electron chi connectivity index (χ0n) is 6.54. The summed E-state index contributed by atoms with van der Waals surface area (Å²) in [6.07, 6.45) is 0. The molecule has 4 N–H and O–H groups in total. The molecule has 0 atom stereocenters. The van der Waals surface area contributed by atoms with Crippen molar-refractivity contribution < 1.29 is 5.11 Å². The predicted molar refractivity (Wildman–Crippen MR) is 48.6 cm³/mol. The molecule has 0 saturated carbocycles. The molecule has 0 aliphatic carbocycles. The Bertz CT molecular complexity index is 406. The smallest absolute Gasteiger partial charge is 0.0831 e. The van der Waals surface area contributed by atoms with Crippen LogP contribution in [-0.2, 0) is 6.61 Å². The van der Waals surface area contributed by atoms with Crippen molar-refractivity contribution in [2.24, 2.45) is 0 Å². The number of aromatic amines is 1. The molecular weight excluding hydrogens is 152 g/mol. The van der Waals surface area contributed by atoms with Gasteiger partial charge in [-0.3, -0.25) is 0 Å². The van der Waals surface area contributed by atoms with E-state index in [-0.39, 0.29) is 6.61 Å². The Hall–Kier alpha value is -1.48. The number of nitrogens with two attached hydrogens (primary N) is 1. The first-order valence-corrected chi connectivity index (χ1v) is 3.78. The summed E-state index contributed by atoms with van der Waals surface area (Å²) in [6, 6.07) is 7.53. The number of hydrogen-bond donors (Lipinski definition) is 3. The number of aliphatic hydroxyl groups excluding tert-OH is 1. The minimum Gasteiger partial charge on any atom is -0.398 e. The first-order chi connectivity index (χ1) is 5.81. The van der Waals surface area contributed by atoms with E-state index >= 15 is 0 Å².